The lowest BCUT2D eigenvalue weighted by molar-refractivity contribution is 0.429. The van der Waals surface area contributed by atoms with E-state index in [0.29, 0.717) is 12.0 Å². The molecule has 0 aliphatic heterocycles. The first kappa shape index (κ1) is 14.7. The van der Waals surface area contributed by atoms with E-state index >= 15 is 0 Å². The van der Waals surface area contributed by atoms with Crippen LogP contribution in [0.25, 0.3) is 0 Å². The minimum Gasteiger partial charge on any atom is -0.382 e. The van der Waals surface area contributed by atoms with Crippen LogP contribution in [0.15, 0.2) is 60.7 Å². The second-order valence-electron chi connectivity index (χ2n) is 6.29. The van der Waals surface area contributed by atoms with Crippen molar-refractivity contribution in [1.29, 1.82) is 0 Å². The predicted octanol–water partition coefficient (Wildman–Crippen LogP) is 4.96. The van der Waals surface area contributed by atoms with Crippen LogP contribution in [-0.4, -0.2) is 6.04 Å². The van der Waals surface area contributed by atoms with Crippen molar-refractivity contribution in [3.63, 3.8) is 0 Å². The van der Waals surface area contributed by atoms with Crippen molar-refractivity contribution in [1.82, 2.24) is 0 Å². The molecular weight excluding hydrogens is 266 g/mol. The second kappa shape index (κ2) is 7.18. The van der Waals surface area contributed by atoms with E-state index in [2.05, 4.69) is 66.5 Å². The Balaban J connectivity index is 1.54. The van der Waals surface area contributed by atoms with Crippen molar-refractivity contribution < 1.29 is 0 Å². The number of hydrogen-bond acceptors (Lipinski definition) is 1. The Morgan fingerprint density at radius 1 is 0.955 bits per heavy atom. The molecule has 0 saturated heterocycles. The molecule has 0 spiro atoms. The summed E-state index contributed by atoms with van der Waals surface area (Å²) in [6.45, 7) is 2.36. The van der Waals surface area contributed by atoms with E-state index in [0.717, 1.165) is 17.9 Å². The van der Waals surface area contributed by atoms with Gasteiger partial charge in [0.15, 0.2) is 0 Å². The molecule has 3 rings (SSSR count). The third kappa shape index (κ3) is 3.92. The summed E-state index contributed by atoms with van der Waals surface area (Å²) in [7, 11) is 0. The molecule has 2 aromatic rings. The highest BCUT2D eigenvalue weighted by Crippen LogP contribution is 2.35. The quantitative estimate of drug-likeness (QED) is 0.788. The molecule has 1 N–H and O–H groups in total. The summed E-state index contributed by atoms with van der Waals surface area (Å²) in [4.78, 5) is 0. The van der Waals surface area contributed by atoms with Gasteiger partial charge in [0.25, 0.3) is 0 Å². The first-order valence-electron chi connectivity index (χ1n) is 8.17. The molecule has 22 heavy (non-hydrogen) atoms. The highest BCUT2D eigenvalue weighted by Gasteiger charge is 2.30. The molecule has 1 fully saturated rings. The Bertz CT molecular complexity index is 636. The lowest BCUT2D eigenvalue weighted by Crippen LogP contribution is -2.15. The van der Waals surface area contributed by atoms with Crippen molar-refractivity contribution in [3.8, 4) is 11.8 Å². The van der Waals surface area contributed by atoms with Gasteiger partial charge in [0.1, 0.15) is 0 Å². The first-order valence-corrected chi connectivity index (χ1v) is 8.17. The maximum Gasteiger partial charge on any atom is 0.0342 e. The fourth-order valence-electron chi connectivity index (χ4n) is 3.31. The van der Waals surface area contributed by atoms with Gasteiger partial charge in [-0.3, -0.25) is 0 Å². The normalized spacial score (nSPS) is 23.6. The molecule has 1 aliphatic carbocycles. The highest BCUT2D eigenvalue weighted by molar-refractivity contribution is 5.43. The Hall–Kier alpha value is -2.20. The van der Waals surface area contributed by atoms with E-state index in [4.69, 9.17) is 0 Å². The summed E-state index contributed by atoms with van der Waals surface area (Å²) in [5.41, 5.74) is 2.35. The summed E-state index contributed by atoms with van der Waals surface area (Å²) < 4.78 is 0. The second-order valence-corrected chi connectivity index (χ2v) is 6.29. The largest absolute Gasteiger partial charge is 0.382 e. The standard InChI is InChI=1S/C21H23N/c1-17-15-21(22-20-13-6-3-7-14-20)16-19(17)12-8-11-18-9-4-2-5-10-18/h2-7,9-10,13-14,17,19,21-22H,12,15-16H2,1H3. The lowest BCUT2D eigenvalue weighted by Gasteiger charge is -2.13. The summed E-state index contributed by atoms with van der Waals surface area (Å²) in [6.07, 6.45) is 3.47. The van der Waals surface area contributed by atoms with Crippen LogP contribution in [0.4, 0.5) is 5.69 Å². The molecule has 0 radical (unpaired) electrons. The molecular formula is C21H23N. The molecule has 0 aromatic heterocycles. The van der Waals surface area contributed by atoms with Gasteiger partial charge in [-0.15, -0.1) is 0 Å². The van der Waals surface area contributed by atoms with Crippen LogP contribution in [0.2, 0.25) is 0 Å². The molecule has 1 aliphatic rings. The fraction of sp³-hybridized carbons (Fsp3) is 0.333. The SMILES string of the molecule is CC1CC(Nc2ccccc2)CC1CC#Cc1ccccc1. The van der Waals surface area contributed by atoms with E-state index in [1.807, 2.05) is 18.2 Å². The highest BCUT2D eigenvalue weighted by atomic mass is 14.9. The molecule has 3 unspecified atom stereocenters. The molecule has 3 atom stereocenters. The third-order valence-electron chi connectivity index (χ3n) is 4.56. The fourth-order valence-corrected chi connectivity index (χ4v) is 3.31. The van der Waals surface area contributed by atoms with Crippen LogP contribution in [0.3, 0.4) is 0 Å². The average Bonchev–Trinajstić information content (AvgIpc) is 2.89. The minimum atomic E-state index is 0.584. The number of rotatable bonds is 3. The van der Waals surface area contributed by atoms with Gasteiger partial charge in [0.2, 0.25) is 0 Å². The topological polar surface area (TPSA) is 12.0 Å². The molecule has 0 bridgehead atoms. The van der Waals surface area contributed by atoms with Crippen molar-refractivity contribution in [2.45, 2.75) is 32.2 Å². The van der Waals surface area contributed by atoms with Gasteiger partial charge in [-0.25, -0.2) is 0 Å². The van der Waals surface area contributed by atoms with Crippen molar-refractivity contribution >= 4 is 5.69 Å². The van der Waals surface area contributed by atoms with E-state index < -0.39 is 0 Å². The third-order valence-corrected chi connectivity index (χ3v) is 4.56. The van der Waals surface area contributed by atoms with Crippen LogP contribution in [0, 0.1) is 23.7 Å². The van der Waals surface area contributed by atoms with Crippen LogP contribution in [0.1, 0.15) is 31.7 Å². The summed E-state index contributed by atoms with van der Waals surface area (Å²) in [5, 5.41) is 3.66. The van der Waals surface area contributed by atoms with E-state index in [-0.39, 0.29) is 0 Å². The molecule has 0 heterocycles. The Labute approximate surface area is 133 Å². The van der Waals surface area contributed by atoms with E-state index in [9.17, 15) is 0 Å². The summed E-state index contributed by atoms with van der Waals surface area (Å²) >= 11 is 0. The van der Waals surface area contributed by atoms with Gasteiger partial charge in [-0.1, -0.05) is 55.2 Å². The first-order chi connectivity index (χ1) is 10.8. The number of hydrogen-bond donors (Lipinski definition) is 1. The maximum atomic E-state index is 3.66. The zero-order valence-electron chi connectivity index (χ0n) is 13.1. The minimum absolute atomic E-state index is 0.584. The van der Waals surface area contributed by atoms with Crippen LogP contribution >= 0.6 is 0 Å². The van der Waals surface area contributed by atoms with Crippen LogP contribution < -0.4 is 5.32 Å². The number of anilines is 1. The van der Waals surface area contributed by atoms with Crippen LogP contribution in [0.5, 0.6) is 0 Å². The van der Waals surface area contributed by atoms with Crippen molar-refractivity contribution in [2.75, 3.05) is 5.32 Å². The predicted molar refractivity (Wildman–Crippen MR) is 93.7 cm³/mol. The Morgan fingerprint density at radius 2 is 1.64 bits per heavy atom. The van der Waals surface area contributed by atoms with Crippen molar-refractivity contribution in [3.05, 3.63) is 66.2 Å². The molecule has 1 saturated carbocycles. The van der Waals surface area contributed by atoms with Gasteiger partial charge in [0.05, 0.1) is 0 Å². The van der Waals surface area contributed by atoms with Crippen molar-refractivity contribution in [2.24, 2.45) is 11.8 Å². The van der Waals surface area contributed by atoms with E-state index in [1.165, 1.54) is 18.5 Å². The molecule has 0 amide bonds. The van der Waals surface area contributed by atoms with E-state index in [1.54, 1.807) is 0 Å². The Kier molecular flexibility index (Phi) is 4.81. The average molecular weight is 289 g/mol. The summed E-state index contributed by atoms with van der Waals surface area (Å²) in [6, 6.07) is 21.4. The van der Waals surface area contributed by atoms with Gasteiger partial charge in [-0.2, -0.15) is 0 Å². The smallest absolute Gasteiger partial charge is 0.0342 e. The van der Waals surface area contributed by atoms with Gasteiger partial charge in [-0.05, 0) is 48.9 Å². The molecule has 112 valence electrons. The van der Waals surface area contributed by atoms with Crippen LogP contribution in [-0.2, 0) is 0 Å². The molecule has 1 nitrogen and oxygen atoms in total. The zero-order valence-corrected chi connectivity index (χ0v) is 13.1. The lowest BCUT2D eigenvalue weighted by atomic mass is 9.95. The number of nitrogens with one attached hydrogen (secondary N) is 1. The van der Waals surface area contributed by atoms with Gasteiger partial charge in [0, 0.05) is 23.7 Å². The maximum absolute atomic E-state index is 3.66. The molecule has 2 aromatic carbocycles. The molecule has 1 heteroatoms. The number of para-hydroxylation sites is 1. The summed E-state index contributed by atoms with van der Waals surface area (Å²) in [5.74, 6) is 8.11. The van der Waals surface area contributed by atoms with Gasteiger partial charge < -0.3 is 5.32 Å². The Morgan fingerprint density at radius 3 is 2.36 bits per heavy atom. The number of benzene rings is 2. The monoisotopic (exact) mass is 289 g/mol. The zero-order chi connectivity index (χ0) is 15.2. The van der Waals surface area contributed by atoms with Gasteiger partial charge >= 0.3 is 0 Å².